The Hall–Kier alpha value is -1.61. The van der Waals surface area contributed by atoms with Crippen LogP contribution >= 0.6 is 11.6 Å². The zero-order chi connectivity index (χ0) is 15.4. The Bertz CT molecular complexity index is 593. The Morgan fingerprint density at radius 2 is 1.86 bits per heavy atom. The van der Waals surface area contributed by atoms with Crippen LogP contribution in [0.2, 0.25) is 0 Å². The third kappa shape index (κ3) is 3.53. The molecule has 1 aromatic carbocycles. The maximum absolute atomic E-state index is 6.11. The molecule has 0 atom stereocenters. The zero-order valence-corrected chi connectivity index (χ0v) is 13.9. The molecule has 4 heteroatoms. The lowest BCUT2D eigenvalue weighted by atomic mass is 10.2. The molecule has 1 aromatic heterocycles. The van der Waals surface area contributed by atoms with E-state index in [1.165, 1.54) is 5.56 Å². The molecule has 0 amide bonds. The smallest absolute Gasteiger partial charge is 0.131 e. The summed E-state index contributed by atoms with van der Waals surface area (Å²) in [6.45, 7) is 9.23. The van der Waals surface area contributed by atoms with Crippen molar-refractivity contribution in [2.45, 2.75) is 39.5 Å². The third-order valence-electron chi connectivity index (χ3n) is 3.46. The molecule has 0 aliphatic heterocycles. The van der Waals surface area contributed by atoms with Crippen molar-refractivity contribution in [3.8, 4) is 0 Å². The maximum atomic E-state index is 6.11. The first-order chi connectivity index (χ1) is 10.1. The highest BCUT2D eigenvalue weighted by Crippen LogP contribution is 2.29. The number of alkyl halides is 1. The van der Waals surface area contributed by atoms with Crippen molar-refractivity contribution < 1.29 is 0 Å². The molecule has 0 unspecified atom stereocenters. The number of anilines is 2. The van der Waals surface area contributed by atoms with E-state index in [-0.39, 0.29) is 0 Å². The van der Waals surface area contributed by atoms with Gasteiger partial charge in [-0.05, 0) is 26.0 Å². The normalized spacial score (nSPS) is 11.0. The van der Waals surface area contributed by atoms with Crippen LogP contribution < -0.4 is 4.90 Å². The van der Waals surface area contributed by atoms with Crippen LogP contribution in [0.15, 0.2) is 30.5 Å². The lowest BCUT2D eigenvalue weighted by molar-refractivity contribution is 0.762. The molecule has 0 radical (unpaired) electrons. The quantitative estimate of drug-likeness (QED) is 0.743. The van der Waals surface area contributed by atoms with Crippen molar-refractivity contribution in [3.63, 3.8) is 0 Å². The third-order valence-corrected chi connectivity index (χ3v) is 3.71. The average Bonchev–Trinajstić information content (AvgIpc) is 2.50. The van der Waals surface area contributed by atoms with Gasteiger partial charge in [0.2, 0.25) is 0 Å². The van der Waals surface area contributed by atoms with Crippen molar-refractivity contribution in [1.29, 1.82) is 0 Å². The number of nitrogens with zero attached hydrogens (tertiary/aromatic N) is 3. The van der Waals surface area contributed by atoms with E-state index in [9.17, 15) is 0 Å². The predicted octanol–water partition coefficient (Wildman–Crippen LogP) is 4.81. The first-order valence-electron chi connectivity index (χ1n) is 7.32. The summed E-state index contributed by atoms with van der Waals surface area (Å²) in [6.07, 6.45) is 1.89. The van der Waals surface area contributed by atoms with Gasteiger partial charge >= 0.3 is 0 Å². The predicted molar refractivity (Wildman–Crippen MR) is 89.5 cm³/mol. The number of aryl methyl sites for hydroxylation is 1. The molecule has 0 saturated heterocycles. The molecule has 0 fully saturated rings. The largest absolute Gasteiger partial charge is 0.339 e. The Balaban J connectivity index is 2.44. The van der Waals surface area contributed by atoms with E-state index in [1.807, 2.05) is 6.20 Å². The second-order valence-electron chi connectivity index (χ2n) is 5.43. The van der Waals surface area contributed by atoms with Gasteiger partial charge in [-0.2, -0.15) is 0 Å². The number of benzene rings is 1. The monoisotopic (exact) mass is 303 g/mol. The fourth-order valence-electron chi connectivity index (χ4n) is 2.24. The van der Waals surface area contributed by atoms with Gasteiger partial charge in [-0.3, -0.25) is 0 Å². The van der Waals surface area contributed by atoms with Crippen molar-refractivity contribution in [2.75, 3.05) is 11.4 Å². The van der Waals surface area contributed by atoms with E-state index in [0.717, 1.165) is 29.4 Å². The van der Waals surface area contributed by atoms with Crippen molar-refractivity contribution in [3.05, 3.63) is 47.5 Å². The van der Waals surface area contributed by atoms with Gasteiger partial charge in [-0.25, -0.2) is 9.97 Å². The van der Waals surface area contributed by atoms with Gasteiger partial charge in [0, 0.05) is 18.2 Å². The van der Waals surface area contributed by atoms with Crippen molar-refractivity contribution in [2.24, 2.45) is 0 Å². The van der Waals surface area contributed by atoms with E-state index < -0.39 is 0 Å². The summed E-state index contributed by atoms with van der Waals surface area (Å²) in [5.74, 6) is 1.53. The molecule has 0 saturated carbocycles. The van der Waals surface area contributed by atoms with Crippen LogP contribution in [-0.4, -0.2) is 16.5 Å². The summed E-state index contributed by atoms with van der Waals surface area (Å²) in [5, 5.41) is 0. The van der Waals surface area contributed by atoms with E-state index in [4.69, 9.17) is 11.6 Å². The van der Waals surface area contributed by atoms with Gasteiger partial charge < -0.3 is 4.90 Å². The van der Waals surface area contributed by atoms with Crippen LogP contribution in [0.4, 0.5) is 11.4 Å². The number of halogens is 1. The molecule has 0 aliphatic rings. The van der Waals surface area contributed by atoms with Crippen LogP contribution in [0.1, 0.15) is 43.8 Å². The minimum atomic E-state index is 0.301. The fourth-order valence-corrected chi connectivity index (χ4v) is 2.44. The minimum Gasteiger partial charge on any atom is -0.339 e. The maximum Gasteiger partial charge on any atom is 0.131 e. The van der Waals surface area contributed by atoms with E-state index in [1.54, 1.807) is 0 Å². The molecule has 0 spiro atoms. The Labute approximate surface area is 132 Å². The first-order valence-corrected chi connectivity index (χ1v) is 7.86. The molecule has 21 heavy (non-hydrogen) atoms. The zero-order valence-electron chi connectivity index (χ0n) is 13.1. The highest BCUT2D eigenvalue weighted by atomic mass is 35.5. The summed E-state index contributed by atoms with van der Waals surface area (Å²) >= 11 is 6.11. The first kappa shape index (κ1) is 15.8. The van der Waals surface area contributed by atoms with Crippen LogP contribution in [0.5, 0.6) is 0 Å². The van der Waals surface area contributed by atoms with Crippen LogP contribution in [-0.2, 0) is 5.88 Å². The highest BCUT2D eigenvalue weighted by molar-refractivity contribution is 6.17. The molecule has 0 bridgehead atoms. The number of aromatic nitrogens is 2. The lowest BCUT2D eigenvalue weighted by Gasteiger charge is -2.25. The van der Waals surface area contributed by atoms with Gasteiger partial charge in [0.15, 0.2) is 0 Å². The summed E-state index contributed by atoms with van der Waals surface area (Å²) in [7, 11) is 0. The second-order valence-corrected chi connectivity index (χ2v) is 5.70. The highest BCUT2D eigenvalue weighted by Gasteiger charge is 2.15. The van der Waals surface area contributed by atoms with Gasteiger partial charge in [-0.15, -0.1) is 11.6 Å². The Morgan fingerprint density at radius 1 is 1.19 bits per heavy atom. The molecule has 2 rings (SSSR count). The molecular weight excluding hydrogens is 282 g/mol. The summed E-state index contributed by atoms with van der Waals surface area (Å²) < 4.78 is 0. The standard InChI is InChI=1S/C17H22ClN3/c1-5-21(14-8-6-13(4)7-9-14)16-11-19-17(12(2)3)20-15(16)10-18/h6-9,11-12H,5,10H2,1-4H3. The fraction of sp³-hybridized carbons (Fsp3) is 0.412. The Kier molecular flexibility index (Phi) is 5.18. The van der Waals surface area contributed by atoms with Gasteiger partial charge in [0.05, 0.1) is 23.5 Å². The topological polar surface area (TPSA) is 29.0 Å². The SMILES string of the molecule is CCN(c1ccc(C)cc1)c1cnc(C(C)C)nc1CCl. The van der Waals surface area contributed by atoms with Crippen molar-refractivity contribution in [1.82, 2.24) is 9.97 Å². The average molecular weight is 304 g/mol. The van der Waals surface area contributed by atoms with Gasteiger partial charge in [0.25, 0.3) is 0 Å². The number of hydrogen-bond donors (Lipinski definition) is 0. The molecule has 3 nitrogen and oxygen atoms in total. The summed E-state index contributed by atoms with van der Waals surface area (Å²) in [6, 6.07) is 8.46. The van der Waals surface area contributed by atoms with E-state index in [0.29, 0.717) is 11.8 Å². The van der Waals surface area contributed by atoms with Gasteiger partial charge in [0.1, 0.15) is 5.82 Å². The number of rotatable bonds is 5. The summed E-state index contributed by atoms with van der Waals surface area (Å²) in [5.41, 5.74) is 4.26. The van der Waals surface area contributed by atoms with E-state index >= 15 is 0 Å². The molecule has 0 aliphatic carbocycles. The molecule has 112 valence electrons. The lowest BCUT2D eigenvalue weighted by Crippen LogP contribution is -2.19. The summed E-state index contributed by atoms with van der Waals surface area (Å²) in [4.78, 5) is 11.3. The number of hydrogen-bond acceptors (Lipinski definition) is 3. The Morgan fingerprint density at radius 3 is 2.38 bits per heavy atom. The second kappa shape index (κ2) is 6.90. The van der Waals surface area contributed by atoms with E-state index in [2.05, 4.69) is 66.8 Å². The molecule has 1 heterocycles. The minimum absolute atomic E-state index is 0.301. The van der Waals surface area contributed by atoms with Crippen LogP contribution in [0.25, 0.3) is 0 Å². The van der Waals surface area contributed by atoms with Crippen LogP contribution in [0, 0.1) is 6.92 Å². The molecule has 2 aromatic rings. The molecule has 0 N–H and O–H groups in total. The van der Waals surface area contributed by atoms with Crippen LogP contribution in [0.3, 0.4) is 0 Å². The van der Waals surface area contributed by atoms with Crippen molar-refractivity contribution >= 4 is 23.0 Å². The molecular formula is C17H22ClN3. The van der Waals surface area contributed by atoms with Gasteiger partial charge in [-0.1, -0.05) is 31.5 Å².